The molecule has 0 unspecified atom stereocenters. The van der Waals surface area contributed by atoms with Gasteiger partial charge in [0, 0.05) is 18.8 Å². The molecule has 18 heavy (non-hydrogen) atoms. The summed E-state index contributed by atoms with van der Waals surface area (Å²) in [6, 6.07) is 0.368. The molecule has 1 fully saturated rings. The number of aryl methyl sites for hydroxylation is 1. The molecule has 0 aromatic carbocycles. The van der Waals surface area contributed by atoms with Gasteiger partial charge in [0.2, 0.25) is 5.95 Å². The number of carbonyl (C=O) groups is 1. The maximum absolute atomic E-state index is 10.9. The number of carboxylic acids is 1. The predicted molar refractivity (Wildman–Crippen MR) is 65.8 cm³/mol. The fourth-order valence-electron chi connectivity index (χ4n) is 2.06. The van der Waals surface area contributed by atoms with E-state index in [1.54, 1.807) is 6.92 Å². The number of aliphatic hydroxyl groups excluding tert-OH is 1. The standard InChI is InChI=1S/C12H17N3O3/c1-8-10(11(17)18)7-13-12(14-8)15(5-6-16)9-3-2-4-9/h7,9,16H,2-6H2,1H3,(H,17,18). The SMILES string of the molecule is Cc1nc(N(CCO)C2CCC2)ncc1C(=O)O. The minimum atomic E-state index is -1.02. The molecule has 1 aliphatic carbocycles. The molecule has 1 saturated carbocycles. The molecule has 0 amide bonds. The van der Waals surface area contributed by atoms with Crippen molar-refractivity contribution in [1.29, 1.82) is 0 Å². The Morgan fingerprint density at radius 3 is 2.72 bits per heavy atom. The third-order valence-corrected chi connectivity index (χ3v) is 3.31. The second-order valence-corrected chi connectivity index (χ2v) is 4.48. The summed E-state index contributed by atoms with van der Waals surface area (Å²) >= 11 is 0. The van der Waals surface area contributed by atoms with Crippen LogP contribution in [0.3, 0.4) is 0 Å². The molecular weight excluding hydrogens is 234 g/mol. The summed E-state index contributed by atoms with van der Waals surface area (Å²) in [6.45, 7) is 2.18. The Labute approximate surface area is 105 Å². The van der Waals surface area contributed by atoms with Gasteiger partial charge < -0.3 is 15.1 Å². The van der Waals surface area contributed by atoms with Crippen LogP contribution in [0.2, 0.25) is 0 Å². The van der Waals surface area contributed by atoms with Gasteiger partial charge in [-0.3, -0.25) is 0 Å². The van der Waals surface area contributed by atoms with Crippen molar-refractivity contribution < 1.29 is 15.0 Å². The smallest absolute Gasteiger partial charge is 0.339 e. The largest absolute Gasteiger partial charge is 0.478 e. The molecular formula is C12H17N3O3. The lowest BCUT2D eigenvalue weighted by Crippen LogP contribution is -2.43. The summed E-state index contributed by atoms with van der Waals surface area (Å²) in [5.74, 6) is -0.507. The molecule has 6 heteroatoms. The molecule has 98 valence electrons. The summed E-state index contributed by atoms with van der Waals surface area (Å²) in [4.78, 5) is 21.2. The Hall–Kier alpha value is -1.69. The predicted octanol–water partition coefficient (Wildman–Crippen LogP) is 0.834. The molecule has 2 rings (SSSR count). The number of hydrogen-bond acceptors (Lipinski definition) is 5. The van der Waals surface area contributed by atoms with E-state index in [2.05, 4.69) is 9.97 Å². The first kappa shape index (κ1) is 12.8. The minimum absolute atomic E-state index is 0.0413. The first-order valence-electron chi connectivity index (χ1n) is 6.08. The Bertz CT molecular complexity index is 446. The van der Waals surface area contributed by atoms with E-state index in [0.29, 0.717) is 24.2 Å². The van der Waals surface area contributed by atoms with Crippen LogP contribution in [0.25, 0.3) is 0 Å². The van der Waals surface area contributed by atoms with E-state index in [1.807, 2.05) is 4.90 Å². The molecule has 2 N–H and O–H groups in total. The molecule has 1 aliphatic rings. The Morgan fingerprint density at radius 1 is 1.56 bits per heavy atom. The highest BCUT2D eigenvalue weighted by atomic mass is 16.4. The van der Waals surface area contributed by atoms with Crippen molar-refractivity contribution in [2.45, 2.75) is 32.2 Å². The van der Waals surface area contributed by atoms with Crippen LogP contribution in [0, 0.1) is 6.92 Å². The Kier molecular flexibility index (Phi) is 3.76. The zero-order valence-corrected chi connectivity index (χ0v) is 10.3. The Morgan fingerprint density at radius 2 is 2.28 bits per heavy atom. The van der Waals surface area contributed by atoms with Gasteiger partial charge in [0.05, 0.1) is 17.9 Å². The van der Waals surface area contributed by atoms with Crippen LogP contribution in [0.15, 0.2) is 6.20 Å². The van der Waals surface area contributed by atoms with Gasteiger partial charge in [-0.25, -0.2) is 14.8 Å². The topological polar surface area (TPSA) is 86.5 Å². The van der Waals surface area contributed by atoms with Crippen molar-refractivity contribution in [2.75, 3.05) is 18.1 Å². The van der Waals surface area contributed by atoms with Gasteiger partial charge >= 0.3 is 5.97 Å². The van der Waals surface area contributed by atoms with E-state index in [9.17, 15) is 4.79 Å². The number of aromatic carboxylic acids is 1. The van der Waals surface area contributed by atoms with E-state index < -0.39 is 5.97 Å². The number of anilines is 1. The number of nitrogens with zero attached hydrogens (tertiary/aromatic N) is 3. The van der Waals surface area contributed by atoms with Crippen molar-refractivity contribution >= 4 is 11.9 Å². The highest BCUT2D eigenvalue weighted by molar-refractivity contribution is 5.88. The summed E-state index contributed by atoms with van der Waals surface area (Å²) in [5.41, 5.74) is 0.575. The molecule has 1 aromatic rings. The maximum atomic E-state index is 10.9. The summed E-state index contributed by atoms with van der Waals surface area (Å²) in [6.07, 6.45) is 4.66. The van der Waals surface area contributed by atoms with Gasteiger partial charge in [-0.2, -0.15) is 0 Å². The molecule has 1 aromatic heterocycles. The van der Waals surface area contributed by atoms with Crippen molar-refractivity contribution in [3.8, 4) is 0 Å². The average molecular weight is 251 g/mol. The van der Waals surface area contributed by atoms with Crippen LogP contribution in [0.4, 0.5) is 5.95 Å². The molecule has 1 heterocycles. The normalized spacial score (nSPS) is 15.2. The summed E-state index contributed by atoms with van der Waals surface area (Å²) < 4.78 is 0. The van der Waals surface area contributed by atoms with E-state index in [4.69, 9.17) is 10.2 Å². The molecule has 0 atom stereocenters. The fraction of sp³-hybridized carbons (Fsp3) is 0.583. The molecule has 0 aliphatic heterocycles. The van der Waals surface area contributed by atoms with Gasteiger partial charge in [-0.1, -0.05) is 0 Å². The van der Waals surface area contributed by atoms with Crippen LogP contribution in [-0.4, -0.2) is 45.3 Å². The van der Waals surface area contributed by atoms with Crippen molar-refractivity contribution in [3.63, 3.8) is 0 Å². The van der Waals surface area contributed by atoms with Gasteiger partial charge in [0.15, 0.2) is 0 Å². The van der Waals surface area contributed by atoms with Crippen molar-refractivity contribution in [3.05, 3.63) is 17.5 Å². The lowest BCUT2D eigenvalue weighted by molar-refractivity contribution is 0.0695. The van der Waals surface area contributed by atoms with Crippen molar-refractivity contribution in [2.24, 2.45) is 0 Å². The number of aliphatic hydroxyl groups is 1. The maximum Gasteiger partial charge on any atom is 0.339 e. The quantitative estimate of drug-likeness (QED) is 0.806. The van der Waals surface area contributed by atoms with Crippen LogP contribution >= 0.6 is 0 Å². The van der Waals surface area contributed by atoms with Crippen LogP contribution in [-0.2, 0) is 0 Å². The zero-order valence-electron chi connectivity index (χ0n) is 10.3. The molecule has 6 nitrogen and oxygen atoms in total. The lowest BCUT2D eigenvalue weighted by atomic mass is 9.92. The fourth-order valence-corrected chi connectivity index (χ4v) is 2.06. The second-order valence-electron chi connectivity index (χ2n) is 4.48. The number of rotatable bonds is 5. The van der Waals surface area contributed by atoms with E-state index >= 15 is 0 Å². The van der Waals surface area contributed by atoms with Gasteiger partial charge in [0.1, 0.15) is 0 Å². The Balaban J connectivity index is 2.24. The number of aromatic nitrogens is 2. The van der Waals surface area contributed by atoms with Crippen LogP contribution in [0.1, 0.15) is 35.3 Å². The monoisotopic (exact) mass is 251 g/mol. The van der Waals surface area contributed by atoms with Crippen molar-refractivity contribution in [1.82, 2.24) is 9.97 Å². The highest BCUT2D eigenvalue weighted by Gasteiger charge is 2.27. The summed E-state index contributed by atoms with van der Waals surface area (Å²) in [5, 5.41) is 18.0. The molecule has 0 saturated heterocycles. The first-order valence-corrected chi connectivity index (χ1v) is 6.08. The second kappa shape index (κ2) is 5.30. The minimum Gasteiger partial charge on any atom is -0.478 e. The number of carboxylic acid groups (broad SMARTS) is 1. The van der Waals surface area contributed by atoms with Gasteiger partial charge in [-0.15, -0.1) is 0 Å². The molecule has 0 bridgehead atoms. The van der Waals surface area contributed by atoms with Crippen LogP contribution < -0.4 is 4.90 Å². The average Bonchev–Trinajstić information content (AvgIpc) is 2.25. The molecule has 0 radical (unpaired) electrons. The van der Waals surface area contributed by atoms with Crippen LogP contribution in [0.5, 0.6) is 0 Å². The summed E-state index contributed by atoms with van der Waals surface area (Å²) in [7, 11) is 0. The lowest BCUT2D eigenvalue weighted by Gasteiger charge is -2.37. The van der Waals surface area contributed by atoms with E-state index in [0.717, 1.165) is 12.8 Å². The van der Waals surface area contributed by atoms with E-state index in [1.165, 1.54) is 12.6 Å². The number of hydrogen-bond donors (Lipinski definition) is 2. The molecule has 0 spiro atoms. The third-order valence-electron chi connectivity index (χ3n) is 3.31. The van der Waals surface area contributed by atoms with Gasteiger partial charge in [-0.05, 0) is 26.2 Å². The zero-order chi connectivity index (χ0) is 13.1. The highest BCUT2D eigenvalue weighted by Crippen LogP contribution is 2.27. The van der Waals surface area contributed by atoms with E-state index in [-0.39, 0.29) is 12.2 Å². The third kappa shape index (κ3) is 2.43. The first-order chi connectivity index (χ1) is 8.63. The van der Waals surface area contributed by atoms with Gasteiger partial charge in [0.25, 0.3) is 0 Å².